The Labute approximate surface area is 111 Å². The van der Waals surface area contributed by atoms with Gasteiger partial charge >= 0.3 is 0 Å². The highest BCUT2D eigenvalue weighted by Crippen LogP contribution is 2.31. The van der Waals surface area contributed by atoms with E-state index in [4.69, 9.17) is 0 Å². The van der Waals surface area contributed by atoms with Crippen molar-refractivity contribution >= 4 is 5.91 Å². The largest absolute Gasteiger partial charge is 0.393 e. The van der Waals surface area contributed by atoms with E-state index in [1.54, 1.807) is 11.8 Å². The number of carbonyl (C=O) groups is 1. The second-order valence-corrected chi connectivity index (χ2v) is 5.72. The van der Waals surface area contributed by atoms with Gasteiger partial charge in [-0.1, -0.05) is 19.3 Å². The maximum absolute atomic E-state index is 12.2. The Morgan fingerprint density at radius 3 is 2.50 bits per heavy atom. The van der Waals surface area contributed by atoms with E-state index in [9.17, 15) is 9.90 Å². The molecule has 0 saturated heterocycles. The Bertz CT molecular complexity index is 261. The van der Waals surface area contributed by atoms with E-state index in [1.165, 1.54) is 19.3 Å². The molecule has 0 aromatic rings. The summed E-state index contributed by atoms with van der Waals surface area (Å²) in [7, 11) is 3.80. The highest BCUT2D eigenvalue weighted by molar-refractivity contribution is 5.77. The van der Waals surface area contributed by atoms with Gasteiger partial charge < -0.3 is 15.3 Å². The predicted molar refractivity (Wildman–Crippen MR) is 73.4 cm³/mol. The standard InChI is InChI=1S/C14H28N2O2/c1-12(17)7-10-16(3)13(18)11-14(15-2)8-5-4-6-9-14/h12,15,17H,4-11H2,1-3H3. The van der Waals surface area contributed by atoms with Gasteiger partial charge in [-0.3, -0.25) is 4.79 Å². The lowest BCUT2D eigenvalue weighted by molar-refractivity contribution is -0.132. The summed E-state index contributed by atoms with van der Waals surface area (Å²) in [5.74, 6) is 0.187. The van der Waals surface area contributed by atoms with Crippen LogP contribution in [0.15, 0.2) is 0 Å². The molecule has 0 aliphatic heterocycles. The van der Waals surface area contributed by atoms with Crippen LogP contribution in [0.3, 0.4) is 0 Å². The van der Waals surface area contributed by atoms with Crippen molar-refractivity contribution in [1.82, 2.24) is 10.2 Å². The summed E-state index contributed by atoms with van der Waals surface area (Å²) in [6.45, 7) is 2.39. The number of aliphatic hydroxyl groups is 1. The average molecular weight is 256 g/mol. The number of hydrogen-bond donors (Lipinski definition) is 2. The maximum Gasteiger partial charge on any atom is 0.224 e. The third-order valence-corrected chi connectivity index (χ3v) is 4.14. The van der Waals surface area contributed by atoms with Crippen LogP contribution in [0.4, 0.5) is 0 Å². The van der Waals surface area contributed by atoms with E-state index >= 15 is 0 Å². The molecule has 1 aliphatic carbocycles. The molecular weight excluding hydrogens is 228 g/mol. The van der Waals surface area contributed by atoms with Crippen LogP contribution in [0.5, 0.6) is 0 Å². The highest BCUT2D eigenvalue weighted by atomic mass is 16.3. The first-order valence-corrected chi connectivity index (χ1v) is 7.10. The van der Waals surface area contributed by atoms with Crippen LogP contribution >= 0.6 is 0 Å². The molecule has 106 valence electrons. The van der Waals surface area contributed by atoms with Gasteiger partial charge in [0, 0.05) is 25.6 Å². The van der Waals surface area contributed by atoms with E-state index in [2.05, 4.69) is 5.32 Å². The van der Waals surface area contributed by atoms with Gasteiger partial charge in [-0.05, 0) is 33.2 Å². The van der Waals surface area contributed by atoms with Crippen LogP contribution < -0.4 is 5.32 Å². The molecule has 1 amide bonds. The molecule has 4 heteroatoms. The molecule has 0 bridgehead atoms. The second-order valence-electron chi connectivity index (χ2n) is 5.72. The third kappa shape index (κ3) is 4.58. The Balaban J connectivity index is 2.45. The topological polar surface area (TPSA) is 52.6 Å². The molecule has 0 radical (unpaired) electrons. The number of rotatable bonds is 6. The first-order valence-electron chi connectivity index (χ1n) is 7.10. The monoisotopic (exact) mass is 256 g/mol. The van der Waals surface area contributed by atoms with Crippen molar-refractivity contribution < 1.29 is 9.90 Å². The lowest BCUT2D eigenvalue weighted by Gasteiger charge is -2.37. The zero-order chi connectivity index (χ0) is 13.6. The van der Waals surface area contributed by atoms with Gasteiger partial charge in [0.1, 0.15) is 0 Å². The molecule has 1 aliphatic rings. The molecule has 1 unspecified atom stereocenters. The minimum absolute atomic E-state index is 0.00836. The quantitative estimate of drug-likeness (QED) is 0.758. The fourth-order valence-corrected chi connectivity index (χ4v) is 2.67. The summed E-state index contributed by atoms with van der Waals surface area (Å²) in [6, 6.07) is 0. The zero-order valence-corrected chi connectivity index (χ0v) is 12.0. The number of hydrogen-bond acceptors (Lipinski definition) is 3. The lowest BCUT2D eigenvalue weighted by Crippen LogP contribution is -2.48. The van der Waals surface area contributed by atoms with Crippen molar-refractivity contribution in [3.8, 4) is 0 Å². The summed E-state index contributed by atoms with van der Waals surface area (Å²) in [5.41, 5.74) is 0.00836. The molecule has 4 nitrogen and oxygen atoms in total. The van der Waals surface area contributed by atoms with Crippen LogP contribution in [-0.2, 0) is 4.79 Å². The molecule has 1 fully saturated rings. The Morgan fingerprint density at radius 1 is 1.39 bits per heavy atom. The average Bonchev–Trinajstić information content (AvgIpc) is 2.36. The van der Waals surface area contributed by atoms with Crippen molar-refractivity contribution in [3.63, 3.8) is 0 Å². The van der Waals surface area contributed by atoms with Crippen LogP contribution in [0.1, 0.15) is 51.9 Å². The first kappa shape index (κ1) is 15.4. The second kappa shape index (κ2) is 7.10. The maximum atomic E-state index is 12.2. The van der Waals surface area contributed by atoms with E-state index in [0.717, 1.165) is 12.8 Å². The van der Waals surface area contributed by atoms with E-state index < -0.39 is 0 Å². The Hall–Kier alpha value is -0.610. The number of nitrogens with zero attached hydrogens (tertiary/aromatic N) is 1. The van der Waals surface area contributed by atoms with Crippen molar-refractivity contribution in [2.45, 2.75) is 63.5 Å². The van der Waals surface area contributed by atoms with Gasteiger partial charge in [0.05, 0.1) is 6.10 Å². The highest BCUT2D eigenvalue weighted by Gasteiger charge is 2.33. The normalized spacial score (nSPS) is 20.4. The summed E-state index contributed by atoms with van der Waals surface area (Å²) >= 11 is 0. The molecule has 18 heavy (non-hydrogen) atoms. The van der Waals surface area contributed by atoms with Gasteiger partial charge in [0.25, 0.3) is 0 Å². The smallest absolute Gasteiger partial charge is 0.224 e. The minimum Gasteiger partial charge on any atom is -0.393 e. The van der Waals surface area contributed by atoms with Crippen molar-refractivity contribution in [1.29, 1.82) is 0 Å². The fourth-order valence-electron chi connectivity index (χ4n) is 2.67. The van der Waals surface area contributed by atoms with Gasteiger partial charge in [0.2, 0.25) is 5.91 Å². The molecule has 1 atom stereocenters. The molecule has 0 aromatic heterocycles. The van der Waals surface area contributed by atoms with Crippen molar-refractivity contribution in [2.75, 3.05) is 20.6 Å². The Morgan fingerprint density at radius 2 is 2.00 bits per heavy atom. The summed E-state index contributed by atoms with van der Waals surface area (Å²) in [4.78, 5) is 13.9. The van der Waals surface area contributed by atoms with Crippen LogP contribution in [0.25, 0.3) is 0 Å². The first-order chi connectivity index (χ1) is 8.49. The number of nitrogens with one attached hydrogen (secondary N) is 1. The van der Waals surface area contributed by atoms with Crippen molar-refractivity contribution in [2.24, 2.45) is 0 Å². The van der Waals surface area contributed by atoms with Crippen LogP contribution in [-0.4, -0.2) is 48.2 Å². The fraction of sp³-hybridized carbons (Fsp3) is 0.929. The predicted octanol–water partition coefficient (Wildman–Crippen LogP) is 1.53. The molecule has 2 N–H and O–H groups in total. The molecule has 1 saturated carbocycles. The van der Waals surface area contributed by atoms with Crippen LogP contribution in [0.2, 0.25) is 0 Å². The number of aliphatic hydroxyl groups excluding tert-OH is 1. The van der Waals surface area contributed by atoms with Gasteiger partial charge in [-0.2, -0.15) is 0 Å². The van der Waals surface area contributed by atoms with Gasteiger partial charge in [-0.15, -0.1) is 0 Å². The summed E-state index contributed by atoms with van der Waals surface area (Å²) < 4.78 is 0. The SMILES string of the molecule is CNC1(CC(=O)N(C)CCC(C)O)CCCCC1. The van der Waals surface area contributed by atoms with E-state index in [0.29, 0.717) is 19.4 Å². The number of amides is 1. The molecule has 0 spiro atoms. The lowest BCUT2D eigenvalue weighted by atomic mass is 9.79. The molecule has 0 heterocycles. The van der Waals surface area contributed by atoms with E-state index in [1.807, 2.05) is 14.1 Å². The molecule has 0 aromatic carbocycles. The molecular formula is C14H28N2O2. The minimum atomic E-state index is -0.340. The van der Waals surface area contributed by atoms with Crippen LogP contribution in [0, 0.1) is 0 Å². The summed E-state index contributed by atoms with van der Waals surface area (Å²) in [6.07, 6.45) is 6.80. The summed E-state index contributed by atoms with van der Waals surface area (Å²) in [5, 5.41) is 12.6. The van der Waals surface area contributed by atoms with E-state index in [-0.39, 0.29) is 17.6 Å². The Kier molecular flexibility index (Phi) is 6.09. The zero-order valence-electron chi connectivity index (χ0n) is 12.0. The van der Waals surface area contributed by atoms with Gasteiger partial charge in [-0.25, -0.2) is 0 Å². The number of carbonyl (C=O) groups excluding carboxylic acids is 1. The van der Waals surface area contributed by atoms with Crippen molar-refractivity contribution in [3.05, 3.63) is 0 Å². The molecule has 1 rings (SSSR count). The van der Waals surface area contributed by atoms with Gasteiger partial charge in [0.15, 0.2) is 0 Å². The third-order valence-electron chi connectivity index (χ3n) is 4.14.